The molecule has 0 aliphatic heterocycles. The molecule has 0 heterocycles. The molecule has 0 saturated carbocycles. The first-order valence-electron chi connectivity index (χ1n) is 3.89. The van der Waals surface area contributed by atoms with E-state index in [1.54, 1.807) is 0 Å². The Morgan fingerprint density at radius 3 is 1.71 bits per heavy atom. The van der Waals surface area contributed by atoms with Crippen LogP contribution in [0.4, 0.5) is 17.6 Å². The van der Waals surface area contributed by atoms with E-state index in [9.17, 15) is 17.6 Å². The molecule has 1 rings (SSSR count). The van der Waals surface area contributed by atoms with Crippen LogP contribution in [-0.2, 0) is 6.42 Å². The lowest BCUT2D eigenvalue weighted by Crippen LogP contribution is -2.07. The van der Waals surface area contributed by atoms with Crippen LogP contribution in [0.25, 0.3) is 0 Å². The van der Waals surface area contributed by atoms with Crippen molar-refractivity contribution in [3.8, 4) is 0 Å². The van der Waals surface area contributed by atoms with Gasteiger partial charge in [-0.05, 0) is 6.42 Å². The molecule has 0 atom stereocenters. The third-order valence-electron chi connectivity index (χ3n) is 1.89. The minimum Gasteiger partial charge on any atom is -0.308 e. The summed E-state index contributed by atoms with van der Waals surface area (Å²) in [5.41, 5.74) is -1.62. The van der Waals surface area contributed by atoms with Crippen molar-refractivity contribution >= 4 is 6.21 Å². The van der Waals surface area contributed by atoms with Crippen LogP contribution in [0.3, 0.4) is 0 Å². The normalized spacial score (nSPS) is 10.4. The number of benzene rings is 1. The van der Waals surface area contributed by atoms with Gasteiger partial charge in [-0.15, -0.1) is 0 Å². The van der Waals surface area contributed by atoms with Crippen LogP contribution in [0.15, 0.2) is 0 Å². The van der Waals surface area contributed by atoms with Gasteiger partial charge in [-0.3, -0.25) is 0 Å². The van der Waals surface area contributed by atoms with Crippen LogP contribution in [-0.4, -0.2) is 6.21 Å². The Hall–Kier alpha value is -1.39. The van der Waals surface area contributed by atoms with Gasteiger partial charge in [0.05, 0.1) is 5.56 Å². The molecule has 76 valence electrons. The van der Waals surface area contributed by atoms with Gasteiger partial charge in [-0.2, -0.15) is 0 Å². The van der Waals surface area contributed by atoms with Gasteiger partial charge in [0, 0.05) is 11.8 Å². The van der Waals surface area contributed by atoms with Gasteiger partial charge < -0.3 is 5.41 Å². The van der Waals surface area contributed by atoms with Gasteiger partial charge in [0.2, 0.25) is 0 Å². The van der Waals surface area contributed by atoms with Crippen molar-refractivity contribution < 1.29 is 17.6 Å². The van der Waals surface area contributed by atoms with Gasteiger partial charge in [0.15, 0.2) is 23.3 Å². The molecule has 0 aliphatic carbocycles. The van der Waals surface area contributed by atoms with E-state index in [0.29, 0.717) is 0 Å². The van der Waals surface area contributed by atoms with Gasteiger partial charge in [0.25, 0.3) is 0 Å². The third-order valence-corrected chi connectivity index (χ3v) is 1.89. The minimum atomic E-state index is -1.52. The van der Waals surface area contributed by atoms with Crippen molar-refractivity contribution in [2.45, 2.75) is 13.3 Å². The van der Waals surface area contributed by atoms with Crippen LogP contribution in [0.1, 0.15) is 18.1 Å². The molecule has 1 nitrogen and oxygen atoms in total. The molecule has 1 aromatic carbocycles. The fourth-order valence-electron chi connectivity index (χ4n) is 1.13. The van der Waals surface area contributed by atoms with E-state index in [-0.39, 0.29) is 12.6 Å². The first-order valence-corrected chi connectivity index (χ1v) is 3.89. The number of nitrogens with one attached hydrogen (secondary N) is 1. The lowest BCUT2D eigenvalue weighted by molar-refractivity contribution is 0.438. The lowest BCUT2D eigenvalue weighted by atomic mass is 10.1. The average Bonchev–Trinajstić information content (AvgIpc) is 2.17. The van der Waals surface area contributed by atoms with Gasteiger partial charge in [-0.1, -0.05) is 6.92 Å². The Morgan fingerprint density at radius 2 is 1.43 bits per heavy atom. The largest absolute Gasteiger partial charge is 0.308 e. The summed E-state index contributed by atoms with van der Waals surface area (Å²) in [6.07, 6.45) is 0.0973. The van der Waals surface area contributed by atoms with E-state index in [1.807, 2.05) is 0 Å². The maximum Gasteiger partial charge on any atom is 0.171 e. The smallest absolute Gasteiger partial charge is 0.171 e. The molecule has 0 amide bonds. The molecule has 0 unspecified atom stereocenters. The second kappa shape index (κ2) is 3.77. The average molecular weight is 205 g/mol. The topological polar surface area (TPSA) is 23.9 Å². The van der Waals surface area contributed by atoms with E-state index in [2.05, 4.69) is 0 Å². The molecule has 0 radical (unpaired) electrons. The molecule has 5 heteroatoms. The minimum absolute atomic E-state index is 0.149. The summed E-state index contributed by atoms with van der Waals surface area (Å²) in [5.74, 6) is -5.89. The van der Waals surface area contributed by atoms with Crippen LogP contribution in [0.2, 0.25) is 0 Å². The van der Waals surface area contributed by atoms with Crippen molar-refractivity contribution in [2.75, 3.05) is 0 Å². The second-order valence-corrected chi connectivity index (χ2v) is 2.65. The summed E-state index contributed by atoms with van der Waals surface area (Å²) < 4.78 is 51.9. The SMILES string of the molecule is CCc1c(F)c(F)c(C=N)c(F)c1F. The molecule has 14 heavy (non-hydrogen) atoms. The second-order valence-electron chi connectivity index (χ2n) is 2.65. The van der Waals surface area contributed by atoms with Crippen molar-refractivity contribution in [1.29, 1.82) is 5.41 Å². The van der Waals surface area contributed by atoms with Crippen LogP contribution in [0.5, 0.6) is 0 Å². The van der Waals surface area contributed by atoms with Crippen LogP contribution < -0.4 is 0 Å². The zero-order chi connectivity index (χ0) is 10.9. The highest BCUT2D eigenvalue weighted by Crippen LogP contribution is 2.23. The fourth-order valence-corrected chi connectivity index (χ4v) is 1.13. The number of hydrogen-bond acceptors (Lipinski definition) is 1. The fraction of sp³-hybridized carbons (Fsp3) is 0.222. The first kappa shape index (κ1) is 10.7. The van der Waals surface area contributed by atoms with E-state index < -0.39 is 34.4 Å². The summed E-state index contributed by atoms with van der Waals surface area (Å²) in [7, 11) is 0. The quantitative estimate of drug-likeness (QED) is 0.436. The molecular formula is C9H7F4N. The van der Waals surface area contributed by atoms with E-state index in [0.717, 1.165) is 0 Å². The molecule has 1 aromatic rings. The van der Waals surface area contributed by atoms with Gasteiger partial charge >= 0.3 is 0 Å². The Bertz CT molecular complexity index is 358. The highest BCUT2D eigenvalue weighted by Gasteiger charge is 2.22. The molecule has 0 aromatic heterocycles. The highest BCUT2D eigenvalue weighted by atomic mass is 19.2. The summed E-state index contributed by atoms with van der Waals surface area (Å²) >= 11 is 0. The number of hydrogen-bond donors (Lipinski definition) is 1. The van der Waals surface area contributed by atoms with Gasteiger partial charge in [0.1, 0.15) is 0 Å². The van der Waals surface area contributed by atoms with E-state index in [4.69, 9.17) is 5.41 Å². The highest BCUT2D eigenvalue weighted by molar-refractivity contribution is 5.78. The predicted molar refractivity (Wildman–Crippen MR) is 43.5 cm³/mol. The zero-order valence-electron chi connectivity index (χ0n) is 7.30. The maximum atomic E-state index is 13.0. The number of halogens is 4. The van der Waals surface area contributed by atoms with Gasteiger partial charge in [-0.25, -0.2) is 17.6 Å². The molecule has 0 aliphatic rings. The molecular weight excluding hydrogens is 198 g/mol. The molecule has 1 N–H and O–H groups in total. The Kier molecular flexibility index (Phi) is 2.88. The van der Waals surface area contributed by atoms with Crippen molar-refractivity contribution in [3.05, 3.63) is 34.4 Å². The summed E-state index contributed by atoms with van der Waals surface area (Å²) in [4.78, 5) is 0. The van der Waals surface area contributed by atoms with Crippen LogP contribution in [0, 0.1) is 28.7 Å². The zero-order valence-corrected chi connectivity index (χ0v) is 7.30. The lowest BCUT2D eigenvalue weighted by Gasteiger charge is -2.07. The molecule has 0 spiro atoms. The Balaban J connectivity index is 3.63. The Labute approximate surface area is 77.9 Å². The molecule has 0 bridgehead atoms. The van der Waals surface area contributed by atoms with Crippen molar-refractivity contribution in [2.24, 2.45) is 0 Å². The Morgan fingerprint density at radius 1 is 1.00 bits per heavy atom. The molecule has 0 saturated heterocycles. The monoisotopic (exact) mass is 205 g/mol. The molecule has 0 fully saturated rings. The standard InChI is InChI=1S/C9H7F4N/c1-2-4-6(10)8(12)5(3-14)9(13)7(4)11/h3,14H,2H2,1H3. The van der Waals surface area contributed by atoms with Crippen LogP contribution >= 0.6 is 0 Å². The summed E-state index contributed by atoms with van der Waals surface area (Å²) in [6.45, 7) is 1.38. The van der Waals surface area contributed by atoms with E-state index >= 15 is 0 Å². The number of rotatable bonds is 2. The summed E-state index contributed by atoms with van der Waals surface area (Å²) in [6, 6.07) is 0. The van der Waals surface area contributed by atoms with Crippen molar-refractivity contribution in [3.63, 3.8) is 0 Å². The van der Waals surface area contributed by atoms with E-state index in [1.165, 1.54) is 6.92 Å². The first-order chi connectivity index (χ1) is 6.54. The van der Waals surface area contributed by atoms with Crippen molar-refractivity contribution in [1.82, 2.24) is 0 Å². The maximum absolute atomic E-state index is 13.0. The predicted octanol–water partition coefficient (Wildman–Crippen LogP) is 2.80. The third kappa shape index (κ3) is 1.38. The summed E-state index contributed by atoms with van der Waals surface area (Å²) in [5, 5.41) is 6.61.